The van der Waals surface area contributed by atoms with Crippen LogP contribution in [0.1, 0.15) is 48.9 Å². The van der Waals surface area contributed by atoms with Crippen molar-refractivity contribution in [2.75, 3.05) is 12.3 Å². The molecule has 1 aliphatic rings. The van der Waals surface area contributed by atoms with Gasteiger partial charge in [0.05, 0.1) is 11.0 Å². The SMILES string of the molecule is CCNC(c1cc(C)c(Cl)cc1C)C1CCCCS1(=O)=O. The van der Waals surface area contributed by atoms with Gasteiger partial charge >= 0.3 is 0 Å². The minimum atomic E-state index is -3.03. The third kappa shape index (κ3) is 3.61. The van der Waals surface area contributed by atoms with Gasteiger partial charge in [-0.05, 0) is 56.0 Å². The predicted molar refractivity (Wildman–Crippen MR) is 88.8 cm³/mol. The van der Waals surface area contributed by atoms with Gasteiger partial charge in [-0.1, -0.05) is 31.0 Å². The number of rotatable bonds is 4. The van der Waals surface area contributed by atoms with Crippen LogP contribution < -0.4 is 5.32 Å². The van der Waals surface area contributed by atoms with E-state index in [0.717, 1.165) is 47.5 Å². The lowest BCUT2D eigenvalue weighted by Crippen LogP contribution is -2.41. The number of aryl methyl sites for hydroxylation is 2. The normalized spacial score (nSPS) is 23.0. The van der Waals surface area contributed by atoms with E-state index in [0.29, 0.717) is 5.75 Å². The van der Waals surface area contributed by atoms with E-state index in [-0.39, 0.29) is 11.3 Å². The van der Waals surface area contributed by atoms with Gasteiger partial charge in [0.15, 0.2) is 9.84 Å². The van der Waals surface area contributed by atoms with Crippen molar-refractivity contribution in [1.29, 1.82) is 0 Å². The van der Waals surface area contributed by atoms with Gasteiger partial charge in [-0.3, -0.25) is 0 Å². The average molecular weight is 330 g/mol. The van der Waals surface area contributed by atoms with Crippen LogP contribution in [0.4, 0.5) is 0 Å². The van der Waals surface area contributed by atoms with Crippen LogP contribution >= 0.6 is 11.6 Å². The second-order valence-electron chi connectivity index (χ2n) is 5.89. The lowest BCUT2D eigenvalue weighted by atomic mass is 9.94. The molecule has 2 unspecified atom stereocenters. The number of halogens is 1. The summed E-state index contributed by atoms with van der Waals surface area (Å²) < 4.78 is 24.9. The summed E-state index contributed by atoms with van der Waals surface area (Å²) in [6.07, 6.45) is 2.51. The van der Waals surface area contributed by atoms with Crippen LogP contribution in [-0.2, 0) is 9.84 Å². The van der Waals surface area contributed by atoms with Crippen LogP contribution in [-0.4, -0.2) is 26.0 Å². The Morgan fingerprint density at radius 3 is 2.62 bits per heavy atom. The van der Waals surface area contributed by atoms with Crippen molar-refractivity contribution < 1.29 is 8.42 Å². The number of hydrogen-bond acceptors (Lipinski definition) is 3. The third-order valence-corrected chi connectivity index (χ3v) is 7.00. The zero-order valence-corrected chi connectivity index (χ0v) is 14.5. The Kier molecular flexibility index (Phi) is 5.33. The fraction of sp³-hybridized carbons (Fsp3) is 0.625. The van der Waals surface area contributed by atoms with Crippen molar-refractivity contribution in [2.24, 2.45) is 0 Å². The third-order valence-electron chi connectivity index (χ3n) is 4.31. The summed E-state index contributed by atoms with van der Waals surface area (Å²) >= 11 is 6.17. The van der Waals surface area contributed by atoms with E-state index >= 15 is 0 Å². The van der Waals surface area contributed by atoms with Crippen molar-refractivity contribution in [3.63, 3.8) is 0 Å². The van der Waals surface area contributed by atoms with Crippen molar-refractivity contribution >= 4 is 21.4 Å². The average Bonchev–Trinajstić information content (AvgIpc) is 2.41. The first-order valence-electron chi connectivity index (χ1n) is 7.58. The zero-order chi connectivity index (χ0) is 15.6. The molecule has 1 aliphatic heterocycles. The molecular weight excluding hydrogens is 306 g/mol. The summed E-state index contributed by atoms with van der Waals surface area (Å²) in [5, 5.41) is 3.80. The maximum absolute atomic E-state index is 12.5. The quantitative estimate of drug-likeness (QED) is 0.918. The molecule has 0 aromatic heterocycles. The molecule has 1 aromatic carbocycles. The molecule has 0 saturated carbocycles. The first-order chi connectivity index (χ1) is 9.86. The van der Waals surface area contributed by atoms with E-state index in [1.165, 1.54) is 0 Å². The van der Waals surface area contributed by atoms with Gasteiger partial charge in [-0.15, -0.1) is 0 Å². The highest BCUT2D eigenvalue weighted by Crippen LogP contribution is 2.34. The maximum Gasteiger partial charge on any atom is 0.155 e. The fourth-order valence-electron chi connectivity index (χ4n) is 3.15. The van der Waals surface area contributed by atoms with Crippen molar-refractivity contribution in [2.45, 2.75) is 51.3 Å². The molecule has 3 nitrogen and oxygen atoms in total. The molecule has 0 bridgehead atoms. The van der Waals surface area contributed by atoms with E-state index in [9.17, 15) is 8.42 Å². The summed E-state index contributed by atoms with van der Waals surface area (Å²) in [5.41, 5.74) is 3.11. The maximum atomic E-state index is 12.5. The van der Waals surface area contributed by atoms with Gasteiger partial charge in [0.25, 0.3) is 0 Å². The molecule has 1 saturated heterocycles. The van der Waals surface area contributed by atoms with E-state index in [1.807, 2.05) is 32.9 Å². The van der Waals surface area contributed by atoms with Crippen LogP contribution in [0.2, 0.25) is 5.02 Å². The summed E-state index contributed by atoms with van der Waals surface area (Å²) in [6.45, 7) is 6.72. The summed E-state index contributed by atoms with van der Waals surface area (Å²) in [6, 6.07) is 3.83. The van der Waals surface area contributed by atoms with Crippen molar-refractivity contribution in [1.82, 2.24) is 5.32 Å². The number of nitrogens with one attached hydrogen (secondary N) is 1. The van der Waals surface area contributed by atoms with Gasteiger partial charge in [0.2, 0.25) is 0 Å². The second kappa shape index (κ2) is 6.67. The Bertz CT molecular complexity index is 613. The van der Waals surface area contributed by atoms with Crippen molar-refractivity contribution in [3.8, 4) is 0 Å². The summed E-state index contributed by atoms with van der Waals surface area (Å²) in [7, 11) is -3.03. The Morgan fingerprint density at radius 1 is 1.29 bits per heavy atom. The smallest absolute Gasteiger partial charge is 0.155 e. The summed E-state index contributed by atoms with van der Waals surface area (Å²) in [4.78, 5) is 0. The monoisotopic (exact) mass is 329 g/mol. The summed E-state index contributed by atoms with van der Waals surface area (Å²) in [5.74, 6) is 0.311. The van der Waals surface area contributed by atoms with Crippen molar-refractivity contribution in [3.05, 3.63) is 33.8 Å². The Balaban J connectivity index is 2.46. The number of benzene rings is 1. The topological polar surface area (TPSA) is 46.2 Å². The highest BCUT2D eigenvalue weighted by molar-refractivity contribution is 7.92. The molecule has 2 rings (SSSR count). The van der Waals surface area contributed by atoms with Crippen LogP contribution in [0.25, 0.3) is 0 Å². The van der Waals surface area contributed by atoms with Gasteiger partial charge in [0.1, 0.15) is 0 Å². The Hall–Kier alpha value is -0.580. The van der Waals surface area contributed by atoms with Crippen LogP contribution in [0, 0.1) is 13.8 Å². The minimum Gasteiger partial charge on any atom is -0.309 e. The van der Waals surface area contributed by atoms with Gasteiger partial charge in [-0.25, -0.2) is 8.42 Å². The van der Waals surface area contributed by atoms with Gasteiger partial charge in [-0.2, -0.15) is 0 Å². The largest absolute Gasteiger partial charge is 0.309 e. The molecule has 0 radical (unpaired) electrons. The first kappa shape index (κ1) is 16.8. The lowest BCUT2D eigenvalue weighted by molar-refractivity contribution is 0.453. The molecule has 0 amide bonds. The Morgan fingerprint density at radius 2 is 2.00 bits per heavy atom. The molecule has 5 heteroatoms. The molecule has 1 aromatic rings. The molecule has 2 atom stereocenters. The molecule has 0 aliphatic carbocycles. The van der Waals surface area contributed by atoms with Crippen LogP contribution in [0.15, 0.2) is 12.1 Å². The highest BCUT2D eigenvalue weighted by Gasteiger charge is 2.36. The van der Waals surface area contributed by atoms with Gasteiger partial charge in [0, 0.05) is 11.1 Å². The molecule has 0 spiro atoms. The molecule has 21 heavy (non-hydrogen) atoms. The highest BCUT2D eigenvalue weighted by atomic mass is 35.5. The van der Waals surface area contributed by atoms with Crippen LogP contribution in [0.5, 0.6) is 0 Å². The second-order valence-corrected chi connectivity index (χ2v) is 8.64. The fourth-order valence-corrected chi connectivity index (χ4v) is 5.46. The molecule has 1 fully saturated rings. The number of hydrogen-bond donors (Lipinski definition) is 1. The Labute approximate surface area is 133 Å². The van der Waals surface area contributed by atoms with E-state index in [1.54, 1.807) is 0 Å². The van der Waals surface area contributed by atoms with E-state index in [4.69, 9.17) is 11.6 Å². The molecule has 1 heterocycles. The standard InChI is InChI=1S/C16H24ClNO2S/c1-4-18-16(15-7-5-6-8-21(15,19)20)13-9-12(3)14(17)10-11(13)2/h9-10,15-16,18H,4-8H2,1-3H3. The predicted octanol–water partition coefficient (Wildman–Crippen LogP) is 3.57. The molecule has 1 N–H and O–H groups in total. The van der Waals surface area contributed by atoms with E-state index < -0.39 is 9.84 Å². The minimum absolute atomic E-state index is 0.142. The zero-order valence-electron chi connectivity index (χ0n) is 12.9. The first-order valence-corrected chi connectivity index (χ1v) is 9.67. The van der Waals surface area contributed by atoms with Gasteiger partial charge < -0.3 is 5.32 Å². The number of sulfone groups is 1. The van der Waals surface area contributed by atoms with Crippen LogP contribution in [0.3, 0.4) is 0 Å². The lowest BCUT2D eigenvalue weighted by Gasteiger charge is -2.32. The molecule has 118 valence electrons. The van der Waals surface area contributed by atoms with E-state index in [2.05, 4.69) is 5.32 Å². The molecular formula is C16H24ClNO2S.